The zero-order valence-electron chi connectivity index (χ0n) is 13.1. The SMILES string of the molecule is Cc1cccc(C(=O)Nc2ccccc2SC(=O)N(C)C)c1I. The van der Waals surface area contributed by atoms with Gasteiger partial charge in [0, 0.05) is 22.6 Å². The molecule has 0 saturated carbocycles. The molecule has 0 aliphatic heterocycles. The molecule has 4 nitrogen and oxygen atoms in total. The smallest absolute Gasteiger partial charge is 0.286 e. The summed E-state index contributed by atoms with van der Waals surface area (Å²) >= 11 is 3.27. The molecule has 0 heterocycles. The summed E-state index contributed by atoms with van der Waals surface area (Å²) in [6, 6.07) is 12.9. The molecule has 0 unspecified atom stereocenters. The Morgan fingerprint density at radius 2 is 1.78 bits per heavy atom. The number of para-hydroxylation sites is 1. The van der Waals surface area contributed by atoms with Gasteiger partial charge in [0.15, 0.2) is 0 Å². The van der Waals surface area contributed by atoms with Crippen LogP contribution in [0, 0.1) is 10.5 Å². The van der Waals surface area contributed by atoms with Crippen LogP contribution >= 0.6 is 34.4 Å². The maximum atomic E-state index is 12.5. The van der Waals surface area contributed by atoms with Crippen LogP contribution in [0.4, 0.5) is 10.5 Å². The van der Waals surface area contributed by atoms with Crippen LogP contribution in [0.1, 0.15) is 15.9 Å². The van der Waals surface area contributed by atoms with E-state index in [1.807, 2.05) is 37.3 Å². The first-order chi connectivity index (χ1) is 10.9. The highest BCUT2D eigenvalue weighted by Crippen LogP contribution is 2.29. The second kappa shape index (κ2) is 7.83. The van der Waals surface area contributed by atoms with Gasteiger partial charge in [-0.2, -0.15) is 0 Å². The van der Waals surface area contributed by atoms with E-state index < -0.39 is 0 Å². The fourth-order valence-electron chi connectivity index (χ4n) is 1.86. The molecule has 120 valence electrons. The lowest BCUT2D eigenvalue weighted by atomic mass is 10.1. The molecular weight excluding hydrogens is 423 g/mol. The Morgan fingerprint density at radius 3 is 2.48 bits per heavy atom. The van der Waals surface area contributed by atoms with Gasteiger partial charge in [0.1, 0.15) is 0 Å². The van der Waals surface area contributed by atoms with Crippen molar-refractivity contribution in [2.45, 2.75) is 11.8 Å². The maximum Gasteiger partial charge on any atom is 0.286 e. The first-order valence-electron chi connectivity index (χ1n) is 6.94. The van der Waals surface area contributed by atoms with Crippen molar-refractivity contribution >= 4 is 51.2 Å². The fraction of sp³-hybridized carbons (Fsp3) is 0.176. The number of hydrogen-bond donors (Lipinski definition) is 1. The van der Waals surface area contributed by atoms with E-state index in [0.717, 1.165) is 25.8 Å². The van der Waals surface area contributed by atoms with E-state index in [9.17, 15) is 9.59 Å². The van der Waals surface area contributed by atoms with Crippen LogP contribution < -0.4 is 5.32 Å². The number of rotatable bonds is 3. The van der Waals surface area contributed by atoms with E-state index in [-0.39, 0.29) is 11.1 Å². The van der Waals surface area contributed by atoms with Gasteiger partial charge in [-0.3, -0.25) is 9.59 Å². The summed E-state index contributed by atoms with van der Waals surface area (Å²) in [5.74, 6) is -0.177. The van der Waals surface area contributed by atoms with Crippen molar-refractivity contribution in [3.8, 4) is 0 Å². The number of nitrogens with zero attached hydrogens (tertiary/aromatic N) is 1. The number of carbonyl (C=O) groups is 2. The number of carbonyl (C=O) groups excluding carboxylic acids is 2. The van der Waals surface area contributed by atoms with Crippen molar-refractivity contribution in [1.29, 1.82) is 0 Å². The Bertz CT molecular complexity index is 747. The van der Waals surface area contributed by atoms with E-state index in [0.29, 0.717) is 11.3 Å². The maximum absolute atomic E-state index is 12.5. The normalized spacial score (nSPS) is 10.3. The lowest BCUT2D eigenvalue weighted by Crippen LogP contribution is -2.17. The number of hydrogen-bond acceptors (Lipinski definition) is 3. The van der Waals surface area contributed by atoms with Gasteiger partial charge in [0.05, 0.1) is 11.3 Å². The Hall–Kier alpha value is -1.54. The third-order valence-electron chi connectivity index (χ3n) is 3.13. The Kier molecular flexibility index (Phi) is 6.06. The highest BCUT2D eigenvalue weighted by Gasteiger charge is 2.15. The molecule has 0 bridgehead atoms. The monoisotopic (exact) mass is 440 g/mol. The fourth-order valence-corrected chi connectivity index (χ4v) is 3.21. The average molecular weight is 440 g/mol. The summed E-state index contributed by atoms with van der Waals surface area (Å²) in [5.41, 5.74) is 2.32. The third kappa shape index (κ3) is 4.48. The molecule has 0 spiro atoms. The second-order valence-electron chi connectivity index (χ2n) is 5.15. The minimum absolute atomic E-state index is 0.0863. The van der Waals surface area contributed by atoms with E-state index >= 15 is 0 Å². The summed E-state index contributed by atoms with van der Waals surface area (Å²) in [4.78, 5) is 26.7. The van der Waals surface area contributed by atoms with Gasteiger partial charge in [-0.1, -0.05) is 24.3 Å². The van der Waals surface area contributed by atoms with Gasteiger partial charge in [0.25, 0.3) is 11.1 Å². The first kappa shape index (κ1) is 17.8. The molecule has 0 fully saturated rings. The summed E-state index contributed by atoms with van der Waals surface area (Å²) in [7, 11) is 3.40. The van der Waals surface area contributed by atoms with Crippen LogP contribution in [0.3, 0.4) is 0 Å². The van der Waals surface area contributed by atoms with Gasteiger partial charge < -0.3 is 10.2 Å². The van der Waals surface area contributed by atoms with Crippen molar-refractivity contribution in [2.75, 3.05) is 19.4 Å². The number of halogens is 1. The van der Waals surface area contributed by atoms with Crippen LogP contribution in [-0.2, 0) is 0 Å². The van der Waals surface area contributed by atoms with Gasteiger partial charge in [-0.15, -0.1) is 0 Å². The molecule has 0 aromatic heterocycles. The molecule has 0 aliphatic rings. The Balaban J connectivity index is 2.25. The number of thioether (sulfide) groups is 1. The number of anilines is 1. The quantitative estimate of drug-likeness (QED) is 0.560. The standard InChI is InChI=1S/C17H17IN2O2S/c1-11-7-6-8-12(15(11)18)16(21)19-13-9-4-5-10-14(13)23-17(22)20(2)3/h4-10H,1-3H3,(H,19,21). The molecule has 0 saturated heterocycles. The average Bonchev–Trinajstić information content (AvgIpc) is 2.51. The lowest BCUT2D eigenvalue weighted by molar-refractivity contribution is 0.102. The lowest BCUT2D eigenvalue weighted by Gasteiger charge is -2.14. The van der Waals surface area contributed by atoms with Gasteiger partial charge >= 0.3 is 0 Å². The summed E-state index contributed by atoms with van der Waals surface area (Å²) in [6.07, 6.45) is 0. The van der Waals surface area contributed by atoms with E-state index in [2.05, 4.69) is 27.9 Å². The van der Waals surface area contributed by atoms with Crippen LogP contribution in [0.5, 0.6) is 0 Å². The summed E-state index contributed by atoms with van der Waals surface area (Å²) < 4.78 is 0.928. The molecule has 6 heteroatoms. The van der Waals surface area contributed by atoms with Gasteiger partial charge in [-0.25, -0.2) is 0 Å². The number of amides is 2. The zero-order chi connectivity index (χ0) is 17.0. The van der Waals surface area contributed by atoms with E-state index in [1.54, 1.807) is 26.2 Å². The predicted octanol–water partition coefficient (Wildman–Crippen LogP) is 4.63. The molecule has 1 N–H and O–H groups in total. The molecule has 2 rings (SSSR count). The van der Waals surface area contributed by atoms with Crippen molar-refractivity contribution in [3.05, 3.63) is 57.2 Å². The van der Waals surface area contributed by atoms with Crippen molar-refractivity contribution < 1.29 is 9.59 Å². The number of nitrogens with one attached hydrogen (secondary N) is 1. The first-order valence-corrected chi connectivity index (χ1v) is 8.84. The van der Waals surface area contributed by atoms with Crippen molar-refractivity contribution in [3.63, 3.8) is 0 Å². The van der Waals surface area contributed by atoms with Gasteiger partial charge in [-0.05, 0) is 65.0 Å². The van der Waals surface area contributed by atoms with Crippen LogP contribution in [0.15, 0.2) is 47.4 Å². The molecular formula is C17H17IN2O2S. The van der Waals surface area contributed by atoms with Crippen LogP contribution in [-0.4, -0.2) is 30.1 Å². The van der Waals surface area contributed by atoms with Crippen LogP contribution in [0.25, 0.3) is 0 Å². The third-order valence-corrected chi connectivity index (χ3v) is 5.68. The number of aryl methyl sites for hydroxylation is 1. The molecule has 0 radical (unpaired) electrons. The van der Waals surface area contributed by atoms with Crippen LogP contribution in [0.2, 0.25) is 0 Å². The van der Waals surface area contributed by atoms with Crippen molar-refractivity contribution in [1.82, 2.24) is 4.90 Å². The Morgan fingerprint density at radius 1 is 1.09 bits per heavy atom. The summed E-state index contributed by atoms with van der Waals surface area (Å²) in [6.45, 7) is 1.97. The van der Waals surface area contributed by atoms with Gasteiger partial charge in [0.2, 0.25) is 0 Å². The molecule has 2 aromatic rings. The van der Waals surface area contributed by atoms with E-state index in [4.69, 9.17) is 0 Å². The molecule has 0 atom stereocenters. The Labute approximate surface area is 153 Å². The highest BCUT2D eigenvalue weighted by atomic mass is 127. The summed E-state index contributed by atoms with van der Waals surface area (Å²) in [5, 5.41) is 2.82. The van der Waals surface area contributed by atoms with Crippen molar-refractivity contribution in [2.24, 2.45) is 0 Å². The minimum atomic E-state index is -0.177. The molecule has 2 aromatic carbocycles. The predicted molar refractivity (Wildman–Crippen MR) is 103 cm³/mol. The minimum Gasteiger partial charge on any atom is -0.339 e. The largest absolute Gasteiger partial charge is 0.339 e. The molecule has 0 aliphatic carbocycles. The highest BCUT2D eigenvalue weighted by molar-refractivity contribution is 14.1. The second-order valence-corrected chi connectivity index (χ2v) is 7.22. The molecule has 2 amide bonds. The van der Waals surface area contributed by atoms with E-state index in [1.165, 1.54) is 4.90 Å². The zero-order valence-corrected chi connectivity index (χ0v) is 16.1. The topological polar surface area (TPSA) is 49.4 Å². The number of benzene rings is 2. The molecule has 23 heavy (non-hydrogen) atoms.